The fourth-order valence-corrected chi connectivity index (χ4v) is 5.19. The monoisotopic (exact) mass is 410 g/mol. The highest BCUT2D eigenvalue weighted by atomic mass is 16.2. The Balaban J connectivity index is 1.32. The van der Waals surface area contributed by atoms with Crippen LogP contribution in [0, 0.1) is 12.8 Å². The van der Waals surface area contributed by atoms with Gasteiger partial charge in [-0.1, -0.05) is 11.6 Å². The van der Waals surface area contributed by atoms with Crippen molar-refractivity contribution in [1.82, 2.24) is 20.5 Å². The number of carbonyl (C=O) groups excluding carboxylic acids is 2. The minimum atomic E-state index is -0.195. The zero-order valence-electron chi connectivity index (χ0n) is 18.5. The number of nitrogens with one attached hydrogen (secondary N) is 3. The van der Waals surface area contributed by atoms with Gasteiger partial charge in [-0.05, 0) is 71.4 Å². The third-order valence-electron chi connectivity index (χ3n) is 6.46. The van der Waals surface area contributed by atoms with E-state index < -0.39 is 0 Å². The van der Waals surface area contributed by atoms with E-state index in [1.54, 1.807) is 6.20 Å². The molecule has 3 atom stereocenters. The van der Waals surface area contributed by atoms with E-state index in [1.165, 1.54) is 0 Å². The molecule has 0 radical (unpaired) electrons. The number of hydrogen-bond donors (Lipinski definition) is 3. The van der Waals surface area contributed by atoms with Crippen LogP contribution in [0.4, 0.5) is 0 Å². The molecule has 1 aromatic heterocycles. The van der Waals surface area contributed by atoms with E-state index in [-0.39, 0.29) is 17.4 Å². The molecule has 2 amide bonds. The summed E-state index contributed by atoms with van der Waals surface area (Å²) in [6.07, 6.45) is 6.21. The summed E-state index contributed by atoms with van der Waals surface area (Å²) in [7, 11) is 0. The van der Waals surface area contributed by atoms with E-state index in [0.29, 0.717) is 36.7 Å². The van der Waals surface area contributed by atoms with Crippen molar-refractivity contribution in [2.75, 3.05) is 13.1 Å². The Morgan fingerprint density at radius 3 is 2.53 bits per heavy atom. The minimum absolute atomic E-state index is 0.00817. The molecule has 3 heterocycles. The Labute approximate surface area is 178 Å². The lowest BCUT2D eigenvalue weighted by atomic mass is 9.90. The largest absolute Gasteiger partial charge is 0.360 e. The quantitative estimate of drug-likeness (QED) is 0.707. The Morgan fingerprint density at radius 1 is 1.17 bits per heavy atom. The van der Waals surface area contributed by atoms with Gasteiger partial charge in [0, 0.05) is 41.3 Å². The summed E-state index contributed by atoms with van der Waals surface area (Å²) < 4.78 is 0. The molecule has 1 unspecified atom stereocenters. The molecule has 4 rings (SSSR count). The highest BCUT2D eigenvalue weighted by molar-refractivity contribution is 6.06. The second kappa shape index (κ2) is 8.06. The lowest BCUT2D eigenvalue weighted by Gasteiger charge is -2.39. The third kappa shape index (κ3) is 4.53. The van der Waals surface area contributed by atoms with Gasteiger partial charge in [0.15, 0.2) is 0 Å². The SMILES string of the molecule is Cc1ccc2[nH]cc(C(=O)NCC3C[C@H]4CC[C@@H](C3)N4CC(=O)NC(C)(C)C)c2c1. The van der Waals surface area contributed by atoms with Crippen LogP contribution in [0.2, 0.25) is 0 Å². The van der Waals surface area contributed by atoms with Gasteiger partial charge in [0.2, 0.25) is 5.91 Å². The van der Waals surface area contributed by atoms with Crippen LogP contribution >= 0.6 is 0 Å². The van der Waals surface area contributed by atoms with Crippen LogP contribution in [-0.4, -0.2) is 52.4 Å². The zero-order chi connectivity index (χ0) is 21.5. The van der Waals surface area contributed by atoms with Crippen LogP contribution < -0.4 is 10.6 Å². The van der Waals surface area contributed by atoms with Gasteiger partial charge in [0.1, 0.15) is 0 Å². The van der Waals surface area contributed by atoms with Gasteiger partial charge in [0.25, 0.3) is 5.91 Å². The first kappa shape index (κ1) is 20.9. The predicted molar refractivity (Wildman–Crippen MR) is 120 cm³/mol. The van der Waals surface area contributed by atoms with Crippen molar-refractivity contribution in [3.8, 4) is 0 Å². The number of rotatable bonds is 5. The number of aromatic nitrogens is 1. The second-order valence-corrected chi connectivity index (χ2v) is 10.2. The number of piperidine rings is 1. The van der Waals surface area contributed by atoms with Crippen molar-refractivity contribution < 1.29 is 9.59 Å². The molecule has 6 heteroatoms. The van der Waals surface area contributed by atoms with Gasteiger partial charge < -0.3 is 15.6 Å². The van der Waals surface area contributed by atoms with Gasteiger partial charge in [-0.25, -0.2) is 0 Å². The number of benzene rings is 1. The van der Waals surface area contributed by atoms with Crippen LogP contribution in [0.5, 0.6) is 0 Å². The summed E-state index contributed by atoms with van der Waals surface area (Å²) in [4.78, 5) is 30.8. The van der Waals surface area contributed by atoms with Gasteiger partial charge in [-0.2, -0.15) is 0 Å². The number of carbonyl (C=O) groups is 2. The fraction of sp³-hybridized carbons (Fsp3) is 0.583. The predicted octanol–water partition coefficient (Wildman–Crippen LogP) is 3.36. The number of hydrogen-bond acceptors (Lipinski definition) is 3. The summed E-state index contributed by atoms with van der Waals surface area (Å²) in [5.74, 6) is 0.576. The second-order valence-electron chi connectivity index (χ2n) is 10.2. The van der Waals surface area contributed by atoms with Crippen LogP contribution in [0.15, 0.2) is 24.4 Å². The maximum Gasteiger partial charge on any atom is 0.253 e. The number of nitrogens with zero attached hydrogens (tertiary/aromatic N) is 1. The van der Waals surface area contributed by atoms with E-state index in [4.69, 9.17) is 0 Å². The van der Waals surface area contributed by atoms with E-state index in [1.807, 2.05) is 39.8 Å². The summed E-state index contributed by atoms with van der Waals surface area (Å²) in [6.45, 7) is 9.28. The molecule has 2 fully saturated rings. The van der Waals surface area contributed by atoms with Crippen molar-refractivity contribution in [1.29, 1.82) is 0 Å². The van der Waals surface area contributed by atoms with Crippen molar-refractivity contribution in [3.63, 3.8) is 0 Å². The number of amides is 2. The molecule has 3 N–H and O–H groups in total. The Morgan fingerprint density at radius 2 is 1.87 bits per heavy atom. The summed E-state index contributed by atoms with van der Waals surface area (Å²) >= 11 is 0. The van der Waals surface area contributed by atoms with Crippen molar-refractivity contribution in [3.05, 3.63) is 35.5 Å². The van der Waals surface area contributed by atoms with Crippen molar-refractivity contribution in [2.45, 2.75) is 71.0 Å². The van der Waals surface area contributed by atoms with Gasteiger partial charge in [-0.3, -0.25) is 14.5 Å². The molecule has 2 bridgehead atoms. The Bertz CT molecular complexity index is 928. The highest BCUT2D eigenvalue weighted by Gasteiger charge is 2.41. The van der Waals surface area contributed by atoms with E-state index in [9.17, 15) is 9.59 Å². The lowest BCUT2D eigenvalue weighted by Crippen LogP contribution is -2.52. The van der Waals surface area contributed by atoms with Gasteiger partial charge in [-0.15, -0.1) is 0 Å². The van der Waals surface area contributed by atoms with Crippen LogP contribution in [0.25, 0.3) is 10.9 Å². The molecular formula is C24H34N4O2. The van der Waals surface area contributed by atoms with E-state index in [2.05, 4.69) is 26.6 Å². The number of aryl methyl sites for hydroxylation is 1. The van der Waals surface area contributed by atoms with Gasteiger partial charge >= 0.3 is 0 Å². The first-order valence-corrected chi connectivity index (χ1v) is 11.1. The Hall–Kier alpha value is -2.34. The van der Waals surface area contributed by atoms with E-state index in [0.717, 1.165) is 42.1 Å². The average molecular weight is 411 g/mol. The van der Waals surface area contributed by atoms with Gasteiger partial charge in [0.05, 0.1) is 12.1 Å². The van der Waals surface area contributed by atoms with Crippen molar-refractivity contribution in [2.24, 2.45) is 5.92 Å². The average Bonchev–Trinajstić information content (AvgIpc) is 3.15. The van der Waals surface area contributed by atoms with Crippen molar-refractivity contribution >= 4 is 22.7 Å². The fourth-order valence-electron chi connectivity index (χ4n) is 5.19. The minimum Gasteiger partial charge on any atom is -0.360 e. The first-order valence-electron chi connectivity index (χ1n) is 11.1. The number of fused-ring (bicyclic) bond motifs is 3. The molecule has 0 aliphatic carbocycles. The molecule has 2 aliphatic heterocycles. The Kier molecular flexibility index (Phi) is 5.62. The zero-order valence-corrected chi connectivity index (χ0v) is 18.5. The number of H-pyrrole nitrogens is 1. The number of aromatic amines is 1. The van der Waals surface area contributed by atoms with E-state index >= 15 is 0 Å². The summed E-state index contributed by atoms with van der Waals surface area (Å²) in [5.41, 5.74) is 2.66. The molecule has 6 nitrogen and oxygen atoms in total. The molecule has 30 heavy (non-hydrogen) atoms. The summed E-state index contributed by atoms with van der Waals surface area (Å²) in [6, 6.07) is 7.03. The molecular weight excluding hydrogens is 376 g/mol. The molecule has 1 aromatic carbocycles. The topological polar surface area (TPSA) is 77.2 Å². The normalized spacial score (nSPS) is 24.2. The molecule has 0 spiro atoms. The maximum atomic E-state index is 12.8. The molecule has 162 valence electrons. The van der Waals surface area contributed by atoms with Crippen LogP contribution in [-0.2, 0) is 4.79 Å². The lowest BCUT2D eigenvalue weighted by molar-refractivity contribution is -0.125. The maximum absolute atomic E-state index is 12.8. The first-order chi connectivity index (χ1) is 14.2. The highest BCUT2D eigenvalue weighted by Crippen LogP contribution is 2.38. The standard InChI is InChI=1S/C24H34N4O2/c1-15-5-8-21-19(9-15)20(13-25-21)23(30)26-12-16-10-17-6-7-18(11-16)28(17)14-22(29)27-24(2,3)4/h5,8-9,13,16-18,25H,6-7,10-12,14H2,1-4H3,(H,26,30)(H,27,29)/t16?,17-,18+. The molecule has 2 aliphatic rings. The molecule has 0 saturated carbocycles. The summed E-state index contributed by atoms with van der Waals surface area (Å²) in [5, 5.41) is 7.22. The third-order valence-corrected chi connectivity index (χ3v) is 6.46. The molecule has 2 aromatic rings. The van der Waals surface area contributed by atoms with Crippen LogP contribution in [0.1, 0.15) is 62.4 Å². The van der Waals surface area contributed by atoms with Crippen LogP contribution in [0.3, 0.4) is 0 Å². The molecule has 2 saturated heterocycles. The smallest absolute Gasteiger partial charge is 0.253 e.